The molecule has 8 heteroatoms. The Kier molecular flexibility index (Phi) is 10.4. The molecule has 0 aromatic heterocycles. The lowest BCUT2D eigenvalue weighted by Gasteiger charge is -2.26. The van der Waals surface area contributed by atoms with Crippen molar-refractivity contribution in [3.63, 3.8) is 0 Å². The Labute approximate surface area is 201 Å². The van der Waals surface area contributed by atoms with Crippen LogP contribution in [-0.2, 0) is 27.2 Å². The smallest absolute Gasteiger partial charge is 0.411 e. The third-order valence-corrected chi connectivity index (χ3v) is 4.77. The molecule has 3 amide bonds. The summed E-state index contributed by atoms with van der Waals surface area (Å²) < 4.78 is 10.6. The van der Waals surface area contributed by atoms with Crippen LogP contribution in [0.5, 0.6) is 5.75 Å². The van der Waals surface area contributed by atoms with Gasteiger partial charge in [-0.05, 0) is 56.9 Å². The average molecular weight is 470 g/mol. The monoisotopic (exact) mass is 469 g/mol. The maximum Gasteiger partial charge on any atom is 0.411 e. The number of carbonyl (C=O) groups is 3. The number of carbonyl (C=O) groups excluding carboxylic acids is 3. The molecule has 184 valence electrons. The van der Waals surface area contributed by atoms with Crippen LogP contribution >= 0.6 is 0 Å². The van der Waals surface area contributed by atoms with E-state index < -0.39 is 11.7 Å². The number of methoxy groups -OCH3 is 1. The summed E-state index contributed by atoms with van der Waals surface area (Å²) in [6.07, 6.45) is 0.563. The van der Waals surface area contributed by atoms with Crippen molar-refractivity contribution in [2.45, 2.75) is 39.2 Å². The second-order valence-electron chi connectivity index (χ2n) is 8.87. The van der Waals surface area contributed by atoms with E-state index in [0.717, 1.165) is 21.8 Å². The summed E-state index contributed by atoms with van der Waals surface area (Å²) in [5, 5.41) is 5.59. The van der Waals surface area contributed by atoms with Crippen LogP contribution in [-0.4, -0.2) is 61.7 Å². The summed E-state index contributed by atoms with van der Waals surface area (Å²) in [6, 6.07) is 17.4. The molecule has 0 saturated carbocycles. The van der Waals surface area contributed by atoms with Crippen LogP contribution in [0.1, 0.15) is 31.9 Å². The van der Waals surface area contributed by atoms with Gasteiger partial charge in [-0.3, -0.25) is 14.5 Å². The molecular weight excluding hydrogens is 434 g/mol. The number of rotatable bonds is 11. The van der Waals surface area contributed by atoms with Gasteiger partial charge < -0.3 is 20.1 Å². The van der Waals surface area contributed by atoms with Gasteiger partial charge >= 0.3 is 6.09 Å². The molecule has 0 spiro atoms. The van der Waals surface area contributed by atoms with Gasteiger partial charge in [-0.15, -0.1) is 0 Å². The van der Waals surface area contributed by atoms with E-state index >= 15 is 0 Å². The molecule has 0 unspecified atom stereocenters. The summed E-state index contributed by atoms with van der Waals surface area (Å²) in [6.45, 7) is 5.47. The van der Waals surface area contributed by atoms with Gasteiger partial charge in [0.25, 0.3) is 0 Å². The van der Waals surface area contributed by atoms with Gasteiger partial charge in [0.05, 0.1) is 7.11 Å². The van der Waals surface area contributed by atoms with Crippen molar-refractivity contribution in [3.8, 4) is 5.75 Å². The lowest BCUT2D eigenvalue weighted by molar-refractivity contribution is -0.125. The molecule has 8 nitrogen and oxygen atoms in total. The number of benzene rings is 2. The van der Waals surface area contributed by atoms with E-state index in [2.05, 4.69) is 10.6 Å². The summed E-state index contributed by atoms with van der Waals surface area (Å²) in [4.78, 5) is 38.7. The van der Waals surface area contributed by atoms with Crippen LogP contribution < -0.4 is 15.4 Å². The fourth-order valence-electron chi connectivity index (χ4n) is 3.14. The van der Waals surface area contributed by atoms with Crippen LogP contribution in [0, 0.1) is 0 Å². The number of ether oxygens (including phenoxy) is 2. The van der Waals surface area contributed by atoms with E-state index in [1.807, 2.05) is 54.6 Å². The van der Waals surface area contributed by atoms with Gasteiger partial charge in [-0.25, -0.2) is 4.79 Å². The Hall–Kier alpha value is -3.55. The molecule has 0 heterocycles. The van der Waals surface area contributed by atoms with Gasteiger partial charge in [0.15, 0.2) is 0 Å². The minimum absolute atomic E-state index is 0.271. The Morgan fingerprint density at radius 1 is 0.824 bits per heavy atom. The molecule has 0 saturated heterocycles. The molecule has 2 aromatic rings. The maximum absolute atomic E-state index is 12.6. The highest BCUT2D eigenvalue weighted by atomic mass is 16.6. The summed E-state index contributed by atoms with van der Waals surface area (Å²) in [5.41, 5.74) is 1.37. The van der Waals surface area contributed by atoms with E-state index in [1.54, 1.807) is 27.9 Å². The molecule has 2 rings (SSSR count). The molecule has 0 aliphatic carbocycles. The molecule has 0 aliphatic heterocycles. The Morgan fingerprint density at radius 3 is 1.94 bits per heavy atom. The molecule has 34 heavy (non-hydrogen) atoms. The van der Waals surface area contributed by atoms with E-state index in [-0.39, 0.29) is 24.9 Å². The van der Waals surface area contributed by atoms with Crippen LogP contribution in [0.3, 0.4) is 0 Å². The van der Waals surface area contributed by atoms with Crippen LogP contribution in [0.2, 0.25) is 0 Å². The highest BCUT2D eigenvalue weighted by Gasteiger charge is 2.25. The van der Waals surface area contributed by atoms with Crippen molar-refractivity contribution in [1.29, 1.82) is 0 Å². The number of hydrogen-bond donors (Lipinski definition) is 2. The fraction of sp³-hybridized carbons (Fsp3) is 0.423. The summed E-state index contributed by atoms with van der Waals surface area (Å²) >= 11 is 0. The van der Waals surface area contributed by atoms with E-state index in [4.69, 9.17) is 9.47 Å². The zero-order chi connectivity index (χ0) is 25.0. The normalized spacial score (nSPS) is 10.8. The van der Waals surface area contributed by atoms with Crippen molar-refractivity contribution in [3.05, 3.63) is 65.7 Å². The van der Waals surface area contributed by atoms with Gasteiger partial charge in [0.1, 0.15) is 24.4 Å². The first-order chi connectivity index (χ1) is 16.2. The fourth-order valence-corrected chi connectivity index (χ4v) is 3.14. The molecule has 0 radical (unpaired) electrons. The zero-order valence-electron chi connectivity index (χ0n) is 20.4. The predicted molar refractivity (Wildman–Crippen MR) is 131 cm³/mol. The predicted octanol–water partition coefficient (Wildman–Crippen LogP) is 2.95. The van der Waals surface area contributed by atoms with Crippen LogP contribution in [0.25, 0.3) is 0 Å². The Morgan fingerprint density at radius 2 is 1.38 bits per heavy atom. The second-order valence-corrected chi connectivity index (χ2v) is 8.87. The van der Waals surface area contributed by atoms with E-state index in [1.165, 1.54) is 0 Å². The molecule has 0 bridgehead atoms. The Bertz CT molecular complexity index is 941. The second kappa shape index (κ2) is 13.2. The van der Waals surface area contributed by atoms with Crippen molar-refractivity contribution >= 4 is 17.9 Å². The summed E-state index contributed by atoms with van der Waals surface area (Å²) in [5.74, 6) is 0.0232. The zero-order valence-corrected chi connectivity index (χ0v) is 20.4. The largest absolute Gasteiger partial charge is 0.497 e. The van der Waals surface area contributed by atoms with Crippen molar-refractivity contribution < 1.29 is 23.9 Å². The van der Waals surface area contributed by atoms with Gasteiger partial charge in [-0.1, -0.05) is 42.5 Å². The standard InChI is InChI=1S/C26H35N3O5/c1-26(2,3)34-25(32)29(18-23(30)27-15-13-20-9-6-5-7-10-20)19-24(31)28-16-14-21-11-8-12-22(17-21)33-4/h5-12,17H,13-16,18-19H2,1-4H3,(H,27,30)(H,28,31). The van der Waals surface area contributed by atoms with Crippen LogP contribution in [0.4, 0.5) is 4.79 Å². The van der Waals surface area contributed by atoms with E-state index in [0.29, 0.717) is 25.9 Å². The summed E-state index contributed by atoms with van der Waals surface area (Å²) in [7, 11) is 1.60. The van der Waals surface area contributed by atoms with E-state index in [9.17, 15) is 14.4 Å². The van der Waals surface area contributed by atoms with Crippen molar-refractivity contribution in [2.75, 3.05) is 33.3 Å². The lowest BCUT2D eigenvalue weighted by Crippen LogP contribution is -2.47. The number of amides is 3. The Balaban J connectivity index is 1.87. The third kappa shape index (κ3) is 10.4. The third-order valence-electron chi connectivity index (χ3n) is 4.77. The van der Waals surface area contributed by atoms with Crippen molar-refractivity contribution in [1.82, 2.24) is 15.5 Å². The highest BCUT2D eigenvalue weighted by Crippen LogP contribution is 2.13. The van der Waals surface area contributed by atoms with Gasteiger partial charge in [0.2, 0.25) is 11.8 Å². The number of hydrogen-bond acceptors (Lipinski definition) is 5. The minimum atomic E-state index is -0.748. The first kappa shape index (κ1) is 26.7. The SMILES string of the molecule is COc1cccc(CCNC(=O)CN(CC(=O)NCCc2ccccc2)C(=O)OC(C)(C)C)c1. The highest BCUT2D eigenvalue weighted by molar-refractivity contribution is 5.86. The van der Waals surface area contributed by atoms with Crippen LogP contribution in [0.15, 0.2) is 54.6 Å². The quantitative estimate of drug-likeness (QED) is 0.527. The number of nitrogens with zero attached hydrogens (tertiary/aromatic N) is 1. The minimum Gasteiger partial charge on any atom is -0.497 e. The lowest BCUT2D eigenvalue weighted by atomic mass is 10.1. The van der Waals surface area contributed by atoms with Gasteiger partial charge in [0, 0.05) is 13.1 Å². The van der Waals surface area contributed by atoms with Gasteiger partial charge in [-0.2, -0.15) is 0 Å². The molecule has 0 aliphatic rings. The average Bonchev–Trinajstić information content (AvgIpc) is 2.78. The topological polar surface area (TPSA) is 97.0 Å². The first-order valence-electron chi connectivity index (χ1n) is 11.3. The molecule has 0 atom stereocenters. The number of nitrogens with one attached hydrogen (secondary N) is 2. The molecule has 2 N–H and O–H groups in total. The molecular formula is C26H35N3O5. The maximum atomic E-state index is 12.6. The first-order valence-corrected chi connectivity index (χ1v) is 11.3. The van der Waals surface area contributed by atoms with Crippen molar-refractivity contribution in [2.24, 2.45) is 0 Å². The molecule has 2 aromatic carbocycles. The molecule has 0 fully saturated rings.